The first-order valence-electron chi connectivity index (χ1n) is 13.8. The van der Waals surface area contributed by atoms with Crippen molar-refractivity contribution in [3.63, 3.8) is 0 Å². The average molecular weight is 568 g/mol. The molecule has 3 amide bonds. The molecule has 4 heterocycles. The summed E-state index contributed by atoms with van der Waals surface area (Å²) in [7, 11) is -3.44. The Bertz CT molecular complexity index is 1380. The van der Waals surface area contributed by atoms with Gasteiger partial charge in [-0.3, -0.25) is 19.3 Å². The summed E-state index contributed by atoms with van der Waals surface area (Å²) in [5.41, 5.74) is 0.0752. The fourth-order valence-electron chi connectivity index (χ4n) is 7.22. The minimum Gasteiger partial charge on any atom is -0.482 e. The normalized spacial score (nSPS) is 29.4. The Balaban J connectivity index is 1.39. The smallest absolute Gasteiger partial charge is 0.269 e. The molecule has 2 saturated heterocycles. The Labute approximate surface area is 233 Å². The van der Waals surface area contributed by atoms with Crippen LogP contribution in [0, 0.1) is 5.92 Å². The van der Waals surface area contributed by atoms with Gasteiger partial charge in [0.15, 0.2) is 12.2 Å². The molecular weight excluding hydrogens is 533 g/mol. The predicted octanol–water partition coefficient (Wildman–Crippen LogP) is 3.84. The van der Waals surface area contributed by atoms with Crippen molar-refractivity contribution in [3.05, 3.63) is 48.0 Å². The zero-order chi connectivity index (χ0) is 28.4. The van der Waals surface area contributed by atoms with Gasteiger partial charge in [-0.1, -0.05) is 19.1 Å². The number of likely N-dealkylation sites (tertiary alicyclic amines) is 1. The van der Waals surface area contributed by atoms with E-state index in [0.717, 1.165) is 12.8 Å². The first kappa shape index (κ1) is 26.9. The SMILES string of the molecule is C[C@H]1[C@H]([Si](C)(C)F)[C@@H](CC(=O)N2CCC[C@H]2CO)O[C@]12C(=O)Nc1ccc(N3C(=O)COc4ccccc43)cc12. The largest absolute Gasteiger partial charge is 0.482 e. The molecule has 4 aliphatic rings. The van der Waals surface area contributed by atoms with Crippen LogP contribution in [0.5, 0.6) is 5.75 Å². The van der Waals surface area contributed by atoms with Crippen LogP contribution in [0.2, 0.25) is 18.6 Å². The molecule has 6 rings (SSSR count). The summed E-state index contributed by atoms with van der Waals surface area (Å²) >= 11 is 0. The van der Waals surface area contributed by atoms with Crippen LogP contribution in [0.1, 0.15) is 31.7 Å². The van der Waals surface area contributed by atoms with Gasteiger partial charge in [0.25, 0.3) is 11.8 Å². The van der Waals surface area contributed by atoms with E-state index < -0.39 is 37.5 Å². The molecule has 0 aliphatic carbocycles. The molecule has 11 heteroatoms. The molecule has 40 heavy (non-hydrogen) atoms. The third kappa shape index (κ3) is 4.05. The summed E-state index contributed by atoms with van der Waals surface area (Å²) in [6.07, 6.45) is 0.659. The van der Waals surface area contributed by atoms with E-state index in [4.69, 9.17) is 9.47 Å². The lowest BCUT2D eigenvalue weighted by Gasteiger charge is -2.32. The number of benzene rings is 2. The van der Waals surface area contributed by atoms with Crippen LogP contribution in [0.25, 0.3) is 0 Å². The molecule has 4 aliphatic heterocycles. The highest BCUT2D eigenvalue weighted by Crippen LogP contribution is 2.59. The number of halogens is 1. The number of hydrogen-bond acceptors (Lipinski definition) is 6. The number of anilines is 3. The number of amides is 3. The maximum absolute atomic E-state index is 16.0. The van der Waals surface area contributed by atoms with E-state index >= 15 is 4.11 Å². The Morgan fingerprint density at radius 2 is 2.00 bits per heavy atom. The van der Waals surface area contributed by atoms with E-state index in [2.05, 4.69) is 5.32 Å². The minimum atomic E-state index is -3.44. The maximum Gasteiger partial charge on any atom is 0.269 e. The molecule has 0 aromatic heterocycles. The number of hydrogen-bond donors (Lipinski definition) is 2. The molecule has 0 unspecified atom stereocenters. The van der Waals surface area contributed by atoms with Crippen molar-refractivity contribution in [1.82, 2.24) is 4.90 Å². The van der Waals surface area contributed by atoms with Gasteiger partial charge in [-0.2, -0.15) is 0 Å². The second-order valence-corrected chi connectivity index (χ2v) is 15.5. The molecular formula is C29H34FN3O6Si. The first-order valence-corrected chi connectivity index (χ1v) is 16.8. The number of carbonyl (C=O) groups excluding carboxylic acids is 3. The second kappa shape index (κ2) is 9.67. The minimum absolute atomic E-state index is 0.0643. The van der Waals surface area contributed by atoms with Gasteiger partial charge in [0.05, 0.1) is 30.9 Å². The quantitative estimate of drug-likeness (QED) is 0.420. The van der Waals surface area contributed by atoms with Crippen molar-refractivity contribution in [2.24, 2.45) is 5.92 Å². The fourth-order valence-corrected chi connectivity index (χ4v) is 9.72. The molecule has 1 spiro atoms. The lowest BCUT2D eigenvalue weighted by Crippen LogP contribution is -2.42. The maximum atomic E-state index is 16.0. The Hall–Kier alpha value is -3.28. The van der Waals surface area contributed by atoms with Crippen molar-refractivity contribution in [1.29, 1.82) is 0 Å². The Morgan fingerprint density at radius 1 is 1.23 bits per heavy atom. The number of carbonyl (C=O) groups is 3. The van der Waals surface area contributed by atoms with Gasteiger partial charge >= 0.3 is 0 Å². The van der Waals surface area contributed by atoms with Crippen LogP contribution in [0.4, 0.5) is 21.2 Å². The monoisotopic (exact) mass is 567 g/mol. The Kier molecular flexibility index (Phi) is 6.51. The summed E-state index contributed by atoms with van der Waals surface area (Å²) in [4.78, 5) is 43.3. The number of aliphatic hydroxyl groups excluding tert-OH is 1. The number of aliphatic hydroxyl groups is 1. The third-order valence-corrected chi connectivity index (χ3v) is 11.4. The van der Waals surface area contributed by atoms with Crippen LogP contribution in [0.3, 0.4) is 0 Å². The molecule has 2 fully saturated rings. The number of fused-ring (bicyclic) bond motifs is 3. The highest BCUT2D eigenvalue weighted by molar-refractivity contribution is 6.72. The van der Waals surface area contributed by atoms with Gasteiger partial charge in [0.2, 0.25) is 14.3 Å². The van der Waals surface area contributed by atoms with Crippen molar-refractivity contribution in [3.8, 4) is 5.75 Å². The summed E-state index contributed by atoms with van der Waals surface area (Å²) in [5, 5.41) is 12.6. The predicted molar refractivity (Wildman–Crippen MR) is 149 cm³/mol. The summed E-state index contributed by atoms with van der Waals surface area (Å²) in [6, 6.07) is 12.2. The lowest BCUT2D eigenvalue weighted by atomic mass is 9.82. The van der Waals surface area contributed by atoms with Gasteiger partial charge in [-0.25, -0.2) is 0 Å². The van der Waals surface area contributed by atoms with Crippen molar-refractivity contribution >= 4 is 43.2 Å². The van der Waals surface area contributed by atoms with Gasteiger partial charge < -0.3 is 28.9 Å². The van der Waals surface area contributed by atoms with Crippen molar-refractivity contribution in [2.75, 3.05) is 30.0 Å². The van der Waals surface area contributed by atoms with Crippen LogP contribution >= 0.6 is 0 Å². The molecule has 9 nitrogen and oxygen atoms in total. The van der Waals surface area contributed by atoms with E-state index in [0.29, 0.717) is 34.9 Å². The molecule has 2 aromatic carbocycles. The molecule has 2 N–H and O–H groups in total. The van der Waals surface area contributed by atoms with Crippen LogP contribution in [-0.4, -0.2) is 68.0 Å². The highest BCUT2D eigenvalue weighted by Gasteiger charge is 2.65. The third-order valence-electron chi connectivity index (χ3n) is 8.95. The number of ether oxygens (including phenoxy) is 2. The second-order valence-electron chi connectivity index (χ2n) is 11.7. The zero-order valence-corrected chi connectivity index (χ0v) is 23.9. The van der Waals surface area contributed by atoms with Gasteiger partial charge in [-0.05, 0) is 56.3 Å². The number of nitrogens with one attached hydrogen (secondary N) is 1. The van der Waals surface area contributed by atoms with E-state index in [1.165, 1.54) is 0 Å². The fraction of sp³-hybridized carbons (Fsp3) is 0.483. The first-order chi connectivity index (χ1) is 19.1. The summed E-state index contributed by atoms with van der Waals surface area (Å²) in [6.45, 7) is 5.31. The zero-order valence-electron chi connectivity index (χ0n) is 22.9. The van der Waals surface area contributed by atoms with Crippen LogP contribution < -0.4 is 15.0 Å². The number of nitrogens with zero attached hydrogens (tertiary/aromatic N) is 2. The number of rotatable bonds is 5. The van der Waals surface area contributed by atoms with E-state index in [-0.39, 0.29) is 37.5 Å². The van der Waals surface area contributed by atoms with Crippen molar-refractivity contribution in [2.45, 2.75) is 62.6 Å². The van der Waals surface area contributed by atoms with Crippen LogP contribution in [0.15, 0.2) is 42.5 Å². The summed E-state index contributed by atoms with van der Waals surface area (Å²) in [5.74, 6) is -0.837. The van der Waals surface area contributed by atoms with E-state index in [1.807, 2.05) is 19.1 Å². The van der Waals surface area contributed by atoms with Crippen molar-refractivity contribution < 1.29 is 33.1 Å². The van der Waals surface area contributed by atoms with Crippen LogP contribution in [-0.2, 0) is 24.7 Å². The molecule has 5 atom stereocenters. The van der Waals surface area contributed by atoms with Gasteiger partial charge in [-0.15, -0.1) is 0 Å². The van der Waals surface area contributed by atoms with Gasteiger partial charge in [0.1, 0.15) is 5.75 Å². The summed E-state index contributed by atoms with van der Waals surface area (Å²) < 4.78 is 28.2. The lowest BCUT2D eigenvalue weighted by molar-refractivity contribution is -0.148. The van der Waals surface area contributed by atoms with E-state index in [1.54, 1.807) is 53.2 Å². The molecule has 0 saturated carbocycles. The highest BCUT2D eigenvalue weighted by atomic mass is 28.4. The molecule has 212 valence electrons. The standard InChI is InChI=1S/C29H34FN3O6Si/c1-17-27(40(2,3)30)24(14-25(35)32-12-6-7-19(32)15-34)39-29(17)20-13-18(10-11-21(20)31-28(29)37)33-22-8-4-5-9-23(22)38-16-26(33)36/h4-5,8-11,13,17,19,24,27,34H,6-7,12,14-16H2,1-3H3,(H,31,37)/t17-,19-,24+,27-,29+/m0/s1. The Morgan fingerprint density at radius 3 is 2.75 bits per heavy atom. The van der Waals surface area contributed by atoms with E-state index in [9.17, 15) is 19.5 Å². The van der Waals surface area contributed by atoms with Gasteiger partial charge in [0, 0.05) is 34.9 Å². The molecule has 0 bridgehead atoms. The molecule has 2 aromatic rings. The number of para-hydroxylation sites is 2. The topological polar surface area (TPSA) is 108 Å². The average Bonchev–Trinajstić information content (AvgIpc) is 3.59. The molecule has 0 radical (unpaired) electrons.